The molecule has 22 heavy (non-hydrogen) atoms. The van der Waals surface area contributed by atoms with Gasteiger partial charge >= 0.3 is 5.91 Å². The molecule has 1 aliphatic rings. The number of carbonyl (C=O) groups is 1. The summed E-state index contributed by atoms with van der Waals surface area (Å²) in [5, 5.41) is 14.4. The molecular weight excluding hydrogens is 278 g/mol. The smallest absolute Gasteiger partial charge is 0.317 e. The SMILES string of the molecule is O=C(NCc1ccccc1N1CCCC1)c1cccc[n+]1[O-]. The summed E-state index contributed by atoms with van der Waals surface area (Å²) >= 11 is 0. The number of rotatable bonds is 4. The highest BCUT2D eigenvalue weighted by atomic mass is 16.5. The third kappa shape index (κ3) is 3.03. The Bertz CT molecular complexity index is 666. The number of nitrogens with zero attached hydrogens (tertiary/aromatic N) is 2. The van der Waals surface area contributed by atoms with Crippen LogP contribution in [0.4, 0.5) is 5.69 Å². The number of hydrogen-bond acceptors (Lipinski definition) is 3. The standard InChI is InChI=1S/C17H19N3O2/c21-17(16-9-3-4-12-20(16)22)18-13-14-7-1-2-8-15(14)19-10-5-6-11-19/h1-4,7-9,12H,5-6,10-11,13H2,(H,18,21). The zero-order chi connectivity index (χ0) is 15.4. The molecule has 0 radical (unpaired) electrons. The second kappa shape index (κ2) is 6.47. The van der Waals surface area contributed by atoms with Gasteiger partial charge in [-0.2, -0.15) is 4.73 Å². The molecule has 0 aliphatic carbocycles. The molecule has 1 aromatic carbocycles. The molecule has 5 heteroatoms. The monoisotopic (exact) mass is 297 g/mol. The first kappa shape index (κ1) is 14.4. The Kier molecular flexibility index (Phi) is 4.23. The molecular formula is C17H19N3O2. The van der Waals surface area contributed by atoms with Crippen LogP contribution < -0.4 is 14.9 Å². The van der Waals surface area contributed by atoms with Gasteiger partial charge in [0.1, 0.15) is 0 Å². The number of nitrogens with one attached hydrogen (secondary N) is 1. The van der Waals surface area contributed by atoms with Crippen LogP contribution in [0.5, 0.6) is 0 Å². The van der Waals surface area contributed by atoms with Crippen LogP contribution in [0.25, 0.3) is 0 Å². The third-order valence-corrected chi connectivity index (χ3v) is 3.93. The van der Waals surface area contributed by atoms with Gasteiger partial charge < -0.3 is 15.4 Å². The molecule has 1 aliphatic heterocycles. The molecule has 0 bridgehead atoms. The van der Waals surface area contributed by atoms with Gasteiger partial charge in [-0.3, -0.25) is 4.79 Å². The van der Waals surface area contributed by atoms with Crippen molar-refractivity contribution in [2.24, 2.45) is 0 Å². The minimum absolute atomic E-state index is 0.112. The first-order valence-electron chi connectivity index (χ1n) is 7.55. The molecule has 114 valence electrons. The fourth-order valence-corrected chi connectivity index (χ4v) is 2.80. The van der Waals surface area contributed by atoms with E-state index in [1.165, 1.54) is 30.8 Å². The van der Waals surface area contributed by atoms with Gasteiger partial charge in [0.05, 0.1) is 0 Å². The van der Waals surface area contributed by atoms with Gasteiger partial charge in [-0.25, -0.2) is 0 Å². The van der Waals surface area contributed by atoms with Crippen LogP contribution in [0.15, 0.2) is 48.7 Å². The zero-order valence-corrected chi connectivity index (χ0v) is 12.4. The van der Waals surface area contributed by atoms with E-state index in [1.807, 2.05) is 18.2 Å². The minimum atomic E-state index is -0.355. The highest BCUT2D eigenvalue weighted by Crippen LogP contribution is 2.24. The number of amides is 1. The Morgan fingerprint density at radius 2 is 1.86 bits per heavy atom. The van der Waals surface area contributed by atoms with E-state index in [0.717, 1.165) is 18.7 Å². The van der Waals surface area contributed by atoms with E-state index in [0.29, 0.717) is 11.3 Å². The molecule has 1 amide bonds. The second-order valence-electron chi connectivity index (χ2n) is 5.42. The van der Waals surface area contributed by atoms with Crippen LogP contribution in [-0.2, 0) is 6.54 Å². The molecule has 0 unspecified atom stereocenters. The number of aromatic nitrogens is 1. The first-order chi connectivity index (χ1) is 10.8. The Morgan fingerprint density at radius 1 is 1.14 bits per heavy atom. The molecule has 1 aromatic heterocycles. The molecule has 0 saturated carbocycles. The summed E-state index contributed by atoms with van der Waals surface area (Å²) in [6.07, 6.45) is 3.74. The molecule has 1 N–H and O–H groups in total. The Morgan fingerprint density at radius 3 is 2.64 bits per heavy atom. The largest absolute Gasteiger partial charge is 0.618 e. The van der Waals surface area contributed by atoms with E-state index in [9.17, 15) is 10.0 Å². The van der Waals surface area contributed by atoms with Crippen LogP contribution in [0.2, 0.25) is 0 Å². The van der Waals surface area contributed by atoms with Crippen molar-refractivity contribution in [2.75, 3.05) is 18.0 Å². The van der Waals surface area contributed by atoms with E-state index < -0.39 is 0 Å². The lowest BCUT2D eigenvalue weighted by Gasteiger charge is -2.21. The molecule has 2 aromatic rings. The van der Waals surface area contributed by atoms with Crippen molar-refractivity contribution < 1.29 is 9.52 Å². The van der Waals surface area contributed by atoms with Gasteiger partial charge in [-0.05, 0) is 30.5 Å². The van der Waals surface area contributed by atoms with Crippen LogP contribution in [-0.4, -0.2) is 19.0 Å². The maximum atomic E-state index is 12.1. The van der Waals surface area contributed by atoms with Gasteiger partial charge in [-0.15, -0.1) is 0 Å². The lowest BCUT2D eigenvalue weighted by atomic mass is 10.1. The van der Waals surface area contributed by atoms with Crippen molar-refractivity contribution >= 4 is 11.6 Å². The fraction of sp³-hybridized carbons (Fsp3) is 0.294. The third-order valence-electron chi connectivity index (χ3n) is 3.93. The second-order valence-corrected chi connectivity index (χ2v) is 5.42. The summed E-state index contributed by atoms with van der Waals surface area (Å²) in [6, 6.07) is 12.9. The van der Waals surface area contributed by atoms with Gasteiger partial charge in [-0.1, -0.05) is 18.2 Å². The summed E-state index contributed by atoms with van der Waals surface area (Å²) in [5.41, 5.74) is 2.36. The molecule has 3 rings (SSSR count). The average molecular weight is 297 g/mol. The summed E-state index contributed by atoms with van der Waals surface area (Å²) in [5.74, 6) is -0.355. The summed E-state index contributed by atoms with van der Waals surface area (Å²) in [7, 11) is 0. The molecule has 1 fully saturated rings. The average Bonchev–Trinajstić information content (AvgIpc) is 3.07. The van der Waals surface area contributed by atoms with Crippen LogP contribution in [0.1, 0.15) is 28.9 Å². The molecule has 1 saturated heterocycles. The highest BCUT2D eigenvalue weighted by molar-refractivity contribution is 5.90. The maximum absolute atomic E-state index is 12.1. The predicted octanol–water partition coefficient (Wildman–Crippen LogP) is 1.85. The van der Waals surface area contributed by atoms with Gasteiger partial charge in [0.15, 0.2) is 6.20 Å². The summed E-state index contributed by atoms with van der Waals surface area (Å²) in [4.78, 5) is 14.5. The van der Waals surface area contributed by atoms with E-state index in [4.69, 9.17) is 0 Å². The van der Waals surface area contributed by atoms with Crippen molar-refractivity contribution in [3.63, 3.8) is 0 Å². The zero-order valence-electron chi connectivity index (χ0n) is 12.4. The topological polar surface area (TPSA) is 59.3 Å². The van der Waals surface area contributed by atoms with Crippen molar-refractivity contribution in [2.45, 2.75) is 19.4 Å². The lowest BCUT2D eigenvalue weighted by Crippen LogP contribution is -2.39. The number of pyridine rings is 1. The van der Waals surface area contributed by atoms with Crippen LogP contribution in [0.3, 0.4) is 0 Å². The van der Waals surface area contributed by atoms with Gasteiger partial charge in [0.25, 0.3) is 5.69 Å². The van der Waals surface area contributed by atoms with E-state index in [-0.39, 0.29) is 11.6 Å². The quantitative estimate of drug-likeness (QED) is 0.692. The number of anilines is 1. The minimum Gasteiger partial charge on any atom is -0.618 e. The van der Waals surface area contributed by atoms with E-state index >= 15 is 0 Å². The Balaban J connectivity index is 1.71. The van der Waals surface area contributed by atoms with Crippen molar-refractivity contribution in [1.82, 2.24) is 5.32 Å². The van der Waals surface area contributed by atoms with Crippen LogP contribution >= 0.6 is 0 Å². The number of para-hydroxylation sites is 1. The van der Waals surface area contributed by atoms with Gasteiger partial charge in [0.2, 0.25) is 0 Å². The fourth-order valence-electron chi connectivity index (χ4n) is 2.80. The predicted molar refractivity (Wildman–Crippen MR) is 84.5 cm³/mol. The number of hydrogen-bond donors (Lipinski definition) is 1. The Hall–Kier alpha value is -2.56. The highest BCUT2D eigenvalue weighted by Gasteiger charge is 2.18. The summed E-state index contributed by atoms with van der Waals surface area (Å²) < 4.78 is 0.585. The molecule has 5 nitrogen and oxygen atoms in total. The van der Waals surface area contributed by atoms with Crippen molar-refractivity contribution in [3.8, 4) is 0 Å². The maximum Gasteiger partial charge on any atom is 0.317 e. The normalized spacial score (nSPS) is 14.1. The first-order valence-corrected chi connectivity index (χ1v) is 7.55. The molecule has 2 heterocycles. The van der Waals surface area contributed by atoms with E-state index in [2.05, 4.69) is 16.3 Å². The lowest BCUT2D eigenvalue weighted by molar-refractivity contribution is -0.607. The molecule has 0 atom stereocenters. The molecule has 0 spiro atoms. The Labute approximate surface area is 129 Å². The van der Waals surface area contributed by atoms with Crippen LogP contribution in [0, 0.1) is 5.21 Å². The summed E-state index contributed by atoms with van der Waals surface area (Å²) in [6.45, 7) is 2.54. The number of carbonyl (C=O) groups excluding carboxylic acids is 1. The van der Waals surface area contributed by atoms with Gasteiger partial charge in [0, 0.05) is 37.5 Å². The van der Waals surface area contributed by atoms with Crippen molar-refractivity contribution in [1.29, 1.82) is 0 Å². The van der Waals surface area contributed by atoms with Crippen molar-refractivity contribution in [3.05, 3.63) is 65.1 Å². The number of benzene rings is 1. The van der Waals surface area contributed by atoms with E-state index in [1.54, 1.807) is 12.1 Å².